The average molecular weight is 294 g/mol. The SMILES string of the molecule is COCc1nc(NN)cc(Sc2nc(N)cc(N)n2)n1. The molecule has 0 amide bonds. The molecular weight excluding hydrogens is 280 g/mol. The van der Waals surface area contributed by atoms with Gasteiger partial charge in [-0.2, -0.15) is 0 Å². The second-order valence-electron chi connectivity index (χ2n) is 3.69. The van der Waals surface area contributed by atoms with E-state index in [2.05, 4.69) is 25.4 Å². The second kappa shape index (κ2) is 6.32. The van der Waals surface area contributed by atoms with E-state index in [0.29, 0.717) is 33.5 Å². The molecule has 0 fully saturated rings. The molecule has 0 saturated heterocycles. The molecule has 9 nitrogen and oxygen atoms in total. The summed E-state index contributed by atoms with van der Waals surface area (Å²) in [5.41, 5.74) is 13.7. The summed E-state index contributed by atoms with van der Waals surface area (Å²) in [7, 11) is 1.56. The fourth-order valence-corrected chi connectivity index (χ4v) is 2.20. The third-order valence-electron chi connectivity index (χ3n) is 2.11. The number of anilines is 3. The summed E-state index contributed by atoms with van der Waals surface area (Å²) in [6.45, 7) is 0.267. The number of aromatic nitrogens is 4. The van der Waals surface area contributed by atoms with Crippen molar-refractivity contribution in [3.63, 3.8) is 0 Å². The lowest BCUT2D eigenvalue weighted by Gasteiger charge is -2.07. The number of ether oxygens (including phenoxy) is 1. The zero-order valence-corrected chi connectivity index (χ0v) is 11.5. The molecule has 0 atom stereocenters. The number of rotatable bonds is 5. The topological polar surface area (TPSA) is 151 Å². The zero-order valence-electron chi connectivity index (χ0n) is 10.7. The van der Waals surface area contributed by atoms with Crippen LogP contribution in [0.15, 0.2) is 22.3 Å². The van der Waals surface area contributed by atoms with Crippen LogP contribution in [-0.4, -0.2) is 27.0 Å². The van der Waals surface area contributed by atoms with E-state index < -0.39 is 0 Å². The van der Waals surface area contributed by atoms with Gasteiger partial charge in [0.1, 0.15) is 29.1 Å². The van der Waals surface area contributed by atoms with E-state index in [4.69, 9.17) is 22.0 Å². The van der Waals surface area contributed by atoms with Gasteiger partial charge in [-0.15, -0.1) is 0 Å². The molecule has 2 heterocycles. The molecule has 10 heteroatoms. The maximum atomic E-state index is 5.62. The lowest BCUT2D eigenvalue weighted by Crippen LogP contribution is -2.11. The summed E-state index contributed by atoms with van der Waals surface area (Å²) >= 11 is 1.20. The number of nitrogen functional groups attached to an aromatic ring is 3. The van der Waals surface area contributed by atoms with Crippen LogP contribution in [0.25, 0.3) is 0 Å². The van der Waals surface area contributed by atoms with E-state index in [1.165, 1.54) is 17.8 Å². The van der Waals surface area contributed by atoms with Crippen molar-refractivity contribution in [3.8, 4) is 0 Å². The van der Waals surface area contributed by atoms with Gasteiger partial charge in [-0.1, -0.05) is 0 Å². The summed E-state index contributed by atoms with van der Waals surface area (Å²) in [5, 5.41) is 0.998. The molecule has 0 radical (unpaired) electrons. The van der Waals surface area contributed by atoms with Crippen molar-refractivity contribution in [2.75, 3.05) is 24.0 Å². The molecule has 0 aliphatic heterocycles. The standard InChI is InChI=1S/C10H14N8OS/c1-19-4-8-16-7(18-13)3-9(17-8)20-10-14-5(11)2-6(12)15-10/h2-3H,4,13H2,1H3,(H,16,17,18)(H4,11,12,14,15). The van der Waals surface area contributed by atoms with Gasteiger partial charge in [-0.25, -0.2) is 25.8 Å². The molecule has 0 spiro atoms. The fraction of sp³-hybridized carbons (Fsp3) is 0.200. The minimum Gasteiger partial charge on any atom is -0.383 e. The molecule has 0 aliphatic rings. The summed E-state index contributed by atoms with van der Waals surface area (Å²) in [4.78, 5) is 16.6. The van der Waals surface area contributed by atoms with Gasteiger partial charge in [0, 0.05) is 19.2 Å². The highest BCUT2D eigenvalue weighted by atomic mass is 32.2. The Kier molecular flexibility index (Phi) is 4.50. The van der Waals surface area contributed by atoms with Crippen LogP contribution in [0.5, 0.6) is 0 Å². The van der Waals surface area contributed by atoms with Crippen molar-refractivity contribution >= 4 is 29.2 Å². The minimum atomic E-state index is 0.267. The maximum absolute atomic E-state index is 5.62. The molecule has 0 aliphatic carbocycles. The normalized spacial score (nSPS) is 10.5. The Morgan fingerprint density at radius 2 is 1.85 bits per heavy atom. The Balaban J connectivity index is 2.29. The Labute approximate surface area is 119 Å². The summed E-state index contributed by atoms with van der Waals surface area (Å²) < 4.78 is 5.00. The Hall–Kier alpha value is -2.17. The zero-order chi connectivity index (χ0) is 14.5. The number of nitrogens with one attached hydrogen (secondary N) is 1. The molecule has 2 aromatic rings. The van der Waals surface area contributed by atoms with Gasteiger partial charge in [0.25, 0.3) is 0 Å². The van der Waals surface area contributed by atoms with Gasteiger partial charge in [0.05, 0.1) is 0 Å². The number of hydrogen-bond acceptors (Lipinski definition) is 10. The molecule has 106 valence electrons. The Bertz CT molecular complexity index is 588. The van der Waals surface area contributed by atoms with Crippen molar-refractivity contribution in [1.29, 1.82) is 0 Å². The number of hydrogen-bond donors (Lipinski definition) is 4. The highest BCUT2D eigenvalue weighted by Crippen LogP contribution is 2.25. The van der Waals surface area contributed by atoms with E-state index in [1.807, 2.05) is 0 Å². The van der Waals surface area contributed by atoms with Crippen LogP contribution in [0, 0.1) is 0 Å². The Morgan fingerprint density at radius 1 is 1.15 bits per heavy atom. The molecule has 0 saturated carbocycles. The molecule has 2 aromatic heterocycles. The third kappa shape index (κ3) is 3.66. The van der Waals surface area contributed by atoms with Crippen molar-refractivity contribution in [2.24, 2.45) is 5.84 Å². The van der Waals surface area contributed by atoms with Gasteiger partial charge in [0.2, 0.25) is 0 Å². The van der Waals surface area contributed by atoms with Crippen molar-refractivity contribution in [2.45, 2.75) is 16.8 Å². The molecule has 0 bridgehead atoms. The van der Waals surface area contributed by atoms with Gasteiger partial charge < -0.3 is 21.6 Å². The quantitative estimate of drug-likeness (QED) is 0.257. The fourth-order valence-electron chi connectivity index (χ4n) is 1.39. The minimum absolute atomic E-state index is 0.267. The van der Waals surface area contributed by atoms with Crippen molar-refractivity contribution < 1.29 is 4.74 Å². The maximum Gasteiger partial charge on any atom is 0.197 e. The largest absolute Gasteiger partial charge is 0.383 e. The smallest absolute Gasteiger partial charge is 0.197 e. The molecule has 0 unspecified atom stereocenters. The highest BCUT2D eigenvalue weighted by molar-refractivity contribution is 7.99. The highest BCUT2D eigenvalue weighted by Gasteiger charge is 2.09. The summed E-state index contributed by atoms with van der Waals surface area (Å²) in [6.07, 6.45) is 0. The second-order valence-corrected chi connectivity index (χ2v) is 4.67. The first-order valence-electron chi connectivity index (χ1n) is 5.52. The van der Waals surface area contributed by atoms with Gasteiger partial charge in [-0.05, 0) is 11.8 Å². The van der Waals surface area contributed by atoms with Crippen LogP contribution in [-0.2, 0) is 11.3 Å². The average Bonchev–Trinajstić information content (AvgIpc) is 2.37. The molecule has 7 N–H and O–H groups in total. The lowest BCUT2D eigenvalue weighted by molar-refractivity contribution is 0.177. The first kappa shape index (κ1) is 14.2. The van der Waals surface area contributed by atoms with Crippen LogP contribution in [0.2, 0.25) is 0 Å². The van der Waals surface area contributed by atoms with Crippen LogP contribution in [0.4, 0.5) is 17.5 Å². The number of nitrogens with zero attached hydrogens (tertiary/aromatic N) is 4. The van der Waals surface area contributed by atoms with Crippen LogP contribution >= 0.6 is 11.8 Å². The lowest BCUT2D eigenvalue weighted by atomic mass is 10.5. The number of nitrogens with two attached hydrogens (primary N) is 3. The van der Waals surface area contributed by atoms with Gasteiger partial charge in [0.15, 0.2) is 11.0 Å². The Morgan fingerprint density at radius 3 is 2.45 bits per heavy atom. The van der Waals surface area contributed by atoms with E-state index in [9.17, 15) is 0 Å². The van der Waals surface area contributed by atoms with E-state index >= 15 is 0 Å². The first-order chi connectivity index (χ1) is 9.60. The van der Waals surface area contributed by atoms with Crippen LogP contribution in [0.1, 0.15) is 5.82 Å². The third-order valence-corrected chi connectivity index (χ3v) is 2.89. The van der Waals surface area contributed by atoms with Gasteiger partial charge >= 0.3 is 0 Å². The van der Waals surface area contributed by atoms with Crippen LogP contribution < -0.4 is 22.7 Å². The molecule has 0 aromatic carbocycles. The predicted molar refractivity (Wildman–Crippen MR) is 75.5 cm³/mol. The number of hydrazine groups is 1. The molecular formula is C10H14N8OS. The van der Waals surface area contributed by atoms with Crippen molar-refractivity contribution in [3.05, 3.63) is 18.0 Å². The monoisotopic (exact) mass is 294 g/mol. The number of methoxy groups -OCH3 is 1. The summed E-state index contributed by atoms with van der Waals surface area (Å²) in [6, 6.07) is 3.14. The molecule has 20 heavy (non-hydrogen) atoms. The predicted octanol–water partition coefficient (Wildman–Crippen LogP) is 0.0142. The van der Waals surface area contributed by atoms with E-state index in [-0.39, 0.29) is 6.61 Å². The first-order valence-corrected chi connectivity index (χ1v) is 6.33. The van der Waals surface area contributed by atoms with E-state index in [1.54, 1.807) is 13.2 Å². The van der Waals surface area contributed by atoms with Gasteiger partial charge in [-0.3, -0.25) is 0 Å². The van der Waals surface area contributed by atoms with Crippen molar-refractivity contribution in [1.82, 2.24) is 19.9 Å². The van der Waals surface area contributed by atoms with Crippen LogP contribution in [0.3, 0.4) is 0 Å². The summed E-state index contributed by atoms with van der Waals surface area (Å²) in [5.74, 6) is 6.91. The van der Waals surface area contributed by atoms with E-state index in [0.717, 1.165) is 0 Å². The molecule has 2 rings (SSSR count).